The van der Waals surface area contributed by atoms with E-state index in [-0.39, 0.29) is 23.4 Å². The molecule has 2 aliphatic rings. The number of piperazine rings is 1. The summed E-state index contributed by atoms with van der Waals surface area (Å²) in [5.41, 5.74) is 0.252. The van der Waals surface area contributed by atoms with Crippen LogP contribution >= 0.6 is 0 Å². The average molecular weight is 556 g/mol. The van der Waals surface area contributed by atoms with Crippen molar-refractivity contribution in [2.45, 2.75) is 19.1 Å². The van der Waals surface area contributed by atoms with Crippen molar-refractivity contribution in [2.75, 3.05) is 41.0 Å². The van der Waals surface area contributed by atoms with Crippen molar-refractivity contribution in [1.29, 1.82) is 0 Å². The molecule has 3 aromatic rings. The molecule has 8 nitrogen and oxygen atoms in total. The number of benzene rings is 3. The van der Waals surface area contributed by atoms with Crippen molar-refractivity contribution in [3.05, 3.63) is 71.3 Å². The molecule has 2 heterocycles. The highest BCUT2D eigenvalue weighted by atomic mass is 19.4. The number of carbonyl (C=O) groups excluding carboxylic acids is 1. The summed E-state index contributed by atoms with van der Waals surface area (Å²) in [5.74, 6) is 2.46. The summed E-state index contributed by atoms with van der Waals surface area (Å²) in [6.07, 6.45) is -4.53. The smallest absolute Gasteiger partial charge is 0.416 e. The Kier molecular flexibility index (Phi) is 7.22. The van der Waals surface area contributed by atoms with Crippen molar-refractivity contribution in [2.24, 2.45) is 4.99 Å². The number of nitrogens with zero attached hydrogens (tertiary/aromatic N) is 3. The summed E-state index contributed by atoms with van der Waals surface area (Å²) >= 11 is 0. The second kappa shape index (κ2) is 10.6. The van der Waals surface area contributed by atoms with Crippen molar-refractivity contribution in [3.63, 3.8) is 0 Å². The molecule has 1 atom stereocenters. The fourth-order valence-electron chi connectivity index (χ4n) is 4.85. The maximum absolute atomic E-state index is 13.5. The van der Waals surface area contributed by atoms with Gasteiger partial charge in [-0.2, -0.15) is 13.2 Å². The number of methoxy groups -OCH3 is 3. The van der Waals surface area contributed by atoms with E-state index in [2.05, 4.69) is 4.99 Å². The second-order valence-electron chi connectivity index (χ2n) is 9.47. The van der Waals surface area contributed by atoms with Gasteiger partial charge in [0.1, 0.15) is 34.5 Å². The minimum Gasteiger partial charge on any atom is -0.497 e. The third-order valence-electron chi connectivity index (χ3n) is 6.95. The second-order valence-corrected chi connectivity index (χ2v) is 9.47. The van der Waals surface area contributed by atoms with Crippen LogP contribution in [0.5, 0.6) is 28.7 Å². The molecule has 0 aromatic heterocycles. The quantitative estimate of drug-likeness (QED) is 0.408. The minimum atomic E-state index is -4.53. The number of rotatable bonds is 4. The minimum absolute atomic E-state index is 0.0645. The normalized spacial score (nSPS) is 16.7. The van der Waals surface area contributed by atoms with Gasteiger partial charge >= 0.3 is 6.18 Å². The van der Waals surface area contributed by atoms with Gasteiger partial charge in [0.25, 0.3) is 5.91 Å². The highest BCUT2D eigenvalue weighted by Crippen LogP contribution is 2.42. The van der Waals surface area contributed by atoms with Gasteiger partial charge in [-0.1, -0.05) is 0 Å². The van der Waals surface area contributed by atoms with E-state index in [4.69, 9.17) is 18.9 Å². The third-order valence-corrected chi connectivity index (χ3v) is 6.95. The van der Waals surface area contributed by atoms with Crippen molar-refractivity contribution < 1.29 is 36.9 Å². The zero-order chi connectivity index (χ0) is 28.6. The zero-order valence-electron chi connectivity index (χ0n) is 22.4. The lowest BCUT2D eigenvalue weighted by atomic mass is 10.1. The Morgan fingerprint density at radius 3 is 2.20 bits per heavy atom. The average Bonchev–Trinajstić information content (AvgIpc) is 3.11. The molecule has 1 amide bonds. The predicted octanol–water partition coefficient (Wildman–Crippen LogP) is 5.76. The van der Waals surface area contributed by atoms with Crippen LogP contribution in [0.15, 0.2) is 59.6 Å². The van der Waals surface area contributed by atoms with Crippen LogP contribution in [0.25, 0.3) is 0 Å². The Balaban J connectivity index is 1.49. The number of fused-ring (bicyclic) bond motifs is 2. The Morgan fingerprint density at radius 1 is 0.900 bits per heavy atom. The molecule has 40 heavy (non-hydrogen) atoms. The van der Waals surface area contributed by atoms with Gasteiger partial charge in [-0.3, -0.25) is 4.79 Å². The Hall–Kier alpha value is -4.41. The van der Waals surface area contributed by atoms with Crippen LogP contribution in [-0.4, -0.2) is 68.5 Å². The summed E-state index contributed by atoms with van der Waals surface area (Å²) < 4.78 is 62.6. The van der Waals surface area contributed by atoms with Gasteiger partial charge in [-0.25, -0.2) is 4.99 Å². The molecule has 0 unspecified atom stereocenters. The van der Waals surface area contributed by atoms with Gasteiger partial charge in [0.15, 0.2) is 5.75 Å². The van der Waals surface area contributed by atoms with Gasteiger partial charge in [-0.15, -0.1) is 0 Å². The molecule has 5 rings (SSSR count). The van der Waals surface area contributed by atoms with E-state index in [9.17, 15) is 18.0 Å². The van der Waals surface area contributed by atoms with Gasteiger partial charge in [-0.05, 0) is 55.5 Å². The summed E-state index contributed by atoms with van der Waals surface area (Å²) in [6.45, 7) is 3.04. The maximum atomic E-state index is 13.5. The van der Waals surface area contributed by atoms with Crippen LogP contribution in [0, 0.1) is 0 Å². The van der Waals surface area contributed by atoms with Gasteiger partial charge in [0, 0.05) is 37.3 Å². The monoisotopic (exact) mass is 555 g/mol. The first-order valence-corrected chi connectivity index (χ1v) is 12.6. The van der Waals surface area contributed by atoms with E-state index < -0.39 is 11.7 Å². The summed E-state index contributed by atoms with van der Waals surface area (Å²) in [5, 5.41) is 0. The van der Waals surface area contributed by atoms with E-state index in [0.717, 1.165) is 12.1 Å². The van der Waals surface area contributed by atoms with Crippen LogP contribution < -0.4 is 18.9 Å². The number of hydrogen-bond acceptors (Lipinski definition) is 7. The molecule has 3 aromatic carbocycles. The number of carbonyl (C=O) groups is 1. The molecule has 1 saturated heterocycles. The van der Waals surface area contributed by atoms with Crippen LogP contribution in [-0.2, 0) is 6.18 Å². The molecular weight excluding hydrogens is 527 g/mol. The van der Waals surface area contributed by atoms with Crippen molar-refractivity contribution in [3.8, 4) is 28.7 Å². The third kappa shape index (κ3) is 5.23. The van der Waals surface area contributed by atoms with Crippen LogP contribution in [0.4, 0.5) is 18.9 Å². The van der Waals surface area contributed by atoms with E-state index >= 15 is 0 Å². The first-order valence-electron chi connectivity index (χ1n) is 12.6. The lowest BCUT2D eigenvalue weighted by Crippen LogP contribution is -2.55. The fraction of sp³-hybridized carbons (Fsp3) is 0.310. The first-order chi connectivity index (χ1) is 19.1. The Bertz CT molecular complexity index is 1450. The van der Waals surface area contributed by atoms with Gasteiger partial charge in [0.2, 0.25) is 0 Å². The van der Waals surface area contributed by atoms with Crippen LogP contribution in [0.2, 0.25) is 0 Å². The Labute approximate surface area is 229 Å². The molecule has 0 saturated carbocycles. The highest BCUT2D eigenvalue weighted by molar-refractivity contribution is 6.04. The molecule has 0 bridgehead atoms. The van der Waals surface area contributed by atoms with Crippen molar-refractivity contribution >= 4 is 17.4 Å². The molecule has 1 fully saturated rings. The van der Waals surface area contributed by atoms with Crippen molar-refractivity contribution in [1.82, 2.24) is 9.80 Å². The van der Waals surface area contributed by atoms with E-state index in [0.29, 0.717) is 59.6 Å². The molecular formula is C29H28F3N3O5. The van der Waals surface area contributed by atoms with Gasteiger partial charge < -0.3 is 28.7 Å². The first kappa shape index (κ1) is 27.2. The summed E-state index contributed by atoms with van der Waals surface area (Å²) in [6, 6.07) is 13.2. The molecule has 210 valence electrons. The summed E-state index contributed by atoms with van der Waals surface area (Å²) in [7, 11) is 4.56. The SMILES string of the molecule is COc1cc(OC)cc(C(=O)N2CCN(C3=Nc4cc(C(F)(F)F)ccc4Oc4ccc(OC)cc43)C[C@@H]2C)c1. The molecule has 11 heteroatoms. The number of amidine groups is 1. The molecule has 0 aliphatic carbocycles. The topological polar surface area (TPSA) is 72.8 Å². The molecule has 0 radical (unpaired) electrons. The Morgan fingerprint density at radius 2 is 1.57 bits per heavy atom. The fourth-order valence-corrected chi connectivity index (χ4v) is 4.85. The standard InChI is InChI=1S/C29H28F3N3O5/c1-17-16-34(9-10-35(17)28(36)18-11-21(38-3)14-22(12-18)39-4)27-23-15-20(37-2)6-8-25(23)40-26-7-5-19(29(30,31)32)13-24(26)33-27/h5-8,11-15,17H,9-10,16H2,1-4H3/t17-/m0/s1. The number of alkyl halides is 3. The molecule has 0 spiro atoms. The number of ether oxygens (including phenoxy) is 4. The number of halogens is 3. The molecule has 2 aliphatic heterocycles. The number of aliphatic imine (C=N–C) groups is 1. The molecule has 0 N–H and O–H groups in total. The largest absolute Gasteiger partial charge is 0.497 e. The maximum Gasteiger partial charge on any atom is 0.416 e. The van der Waals surface area contributed by atoms with Crippen LogP contribution in [0.1, 0.15) is 28.4 Å². The number of hydrogen-bond donors (Lipinski definition) is 0. The van der Waals surface area contributed by atoms with E-state index in [1.165, 1.54) is 27.4 Å². The van der Waals surface area contributed by atoms with E-state index in [1.54, 1.807) is 41.3 Å². The van der Waals surface area contributed by atoms with Crippen LogP contribution in [0.3, 0.4) is 0 Å². The van der Waals surface area contributed by atoms with Gasteiger partial charge in [0.05, 0.1) is 32.5 Å². The number of amides is 1. The lowest BCUT2D eigenvalue weighted by Gasteiger charge is -2.41. The zero-order valence-corrected chi connectivity index (χ0v) is 22.4. The highest BCUT2D eigenvalue weighted by Gasteiger charge is 2.34. The summed E-state index contributed by atoms with van der Waals surface area (Å²) in [4.78, 5) is 21.9. The lowest BCUT2D eigenvalue weighted by molar-refractivity contribution is -0.137. The predicted molar refractivity (Wildman–Crippen MR) is 142 cm³/mol. The van der Waals surface area contributed by atoms with E-state index in [1.807, 2.05) is 11.8 Å².